The lowest BCUT2D eigenvalue weighted by Gasteiger charge is -2.19. The maximum absolute atomic E-state index is 10.2. The van der Waals surface area contributed by atoms with Gasteiger partial charge in [-0.3, -0.25) is 0 Å². The molecule has 0 radical (unpaired) electrons. The van der Waals surface area contributed by atoms with Gasteiger partial charge in [-0.1, -0.05) is 0 Å². The third-order valence-electron chi connectivity index (χ3n) is 1.20. The summed E-state index contributed by atoms with van der Waals surface area (Å²) in [6.45, 7) is 3.69. The van der Waals surface area contributed by atoms with Crippen LogP contribution in [-0.2, 0) is 10.7 Å². The molecular formula is C5H13NO2S. The maximum atomic E-state index is 10.2. The lowest BCUT2D eigenvalue weighted by Crippen LogP contribution is -2.40. The fourth-order valence-corrected chi connectivity index (χ4v) is 1.21. The van der Waals surface area contributed by atoms with Crippen LogP contribution < -0.4 is 5.32 Å². The summed E-state index contributed by atoms with van der Waals surface area (Å²) in [7, 11) is -0.508. The van der Waals surface area contributed by atoms with E-state index in [1.165, 1.54) is 0 Å². The molecule has 0 aromatic carbocycles. The minimum absolute atomic E-state index is 0.193. The van der Waals surface area contributed by atoms with E-state index >= 15 is 0 Å². The number of rotatable bonds is 3. The van der Waals surface area contributed by atoms with E-state index in [9.17, 15) is 8.42 Å². The topological polar surface area (TPSA) is 46.2 Å². The van der Waals surface area contributed by atoms with Crippen LogP contribution in [0.25, 0.3) is 0 Å². The van der Waals surface area contributed by atoms with E-state index in [0.29, 0.717) is 0 Å². The smallest absolute Gasteiger partial charge is 0.141 e. The number of hydrogen-bond donors (Lipinski definition) is 2. The molecule has 3 nitrogen and oxygen atoms in total. The van der Waals surface area contributed by atoms with E-state index in [4.69, 9.17) is 0 Å². The first-order valence-corrected chi connectivity index (χ1v) is 4.15. The summed E-state index contributed by atoms with van der Waals surface area (Å²) in [5.41, 5.74) is -0.283. The van der Waals surface area contributed by atoms with Crippen molar-refractivity contribution < 1.29 is 8.42 Å². The van der Waals surface area contributed by atoms with E-state index in [1.54, 1.807) is 7.05 Å². The van der Waals surface area contributed by atoms with E-state index < -0.39 is 10.7 Å². The van der Waals surface area contributed by atoms with Crippen molar-refractivity contribution >= 4 is 10.7 Å². The Morgan fingerprint density at radius 3 is 2.00 bits per heavy atom. The van der Waals surface area contributed by atoms with Gasteiger partial charge >= 0.3 is 0 Å². The average molecular weight is 151 g/mol. The largest absolute Gasteiger partial charge is 0.314 e. The van der Waals surface area contributed by atoms with Gasteiger partial charge in [-0.25, -0.2) is 8.42 Å². The molecule has 0 bridgehead atoms. The molecule has 0 aliphatic heterocycles. The number of nitrogens with one attached hydrogen (secondary N) is 1. The Hall–Kier alpha value is -0.0900. The lowest BCUT2D eigenvalue weighted by atomic mass is 10.1. The normalized spacial score (nSPS) is 12.4. The Bertz CT molecular complexity index is 143. The minimum atomic E-state index is -2.26. The van der Waals surface area contributed by atoms with Crippen LogP contribution in [0.1, 0.15) is 13.8 Å². The predicted octanol–water partition coefficient (Wildman–Crippen LogP) is -0.404. The summed E-state index contributed by atoms with van der Waals surface area (Å²) < 4.78 is 20.3. The van der Waals surface area contributed by atoms with Gasteiger partial charge in [0.05, 0.1) is 5.75 Å². The van der Waals surface area contributed by atoms with Crippen molar-refractivity contribution in [2.45, 2.75) is 19.4 Å². The maximum Gasteiger partial charge on any atom is 0.141 e. The van der Waals surface area contributed by atoms with Crippen LogP contribution in [0.3, 0.4) is 0 Å². The highest BCUT2D eigenvalue weighted by Gasteiger charge is 2.14. The zero-order valence-corrected chi connectivity index (χ0v) is 6.87. The molecule has 0 aliphatic rings. The van der Waals surface area contributed by atoms with Gasteiger partial charge in [-0.2, -0.15) is 0 Å². The van der Waals surface area contributed by atoms with Crippen LogP contribution in [0.2, 0.25) is 0 Å². The van der Waals surface area contributed by atoms with Gasteiger partial charge in [0.25, 0.3) is 0 Å². The van der Waals surface area contributed by atoms with Crippen LogP contribution in [0.4, 0.5) is 0 Å². The third kappa shape index (κ3) is 4.42. The zero-order chi connectivity index (χ0) is 7.49. The van der Waals surface area contributed by atoms with Crippen molar-refractivity contribution in [1.82, 2.24) is 5.32 Å². The second-order valence-electron chi connectivity index (χ2n) is 2.62. The Morgan fingerprint density at radius 1 is 1.44 bits per heavy atom. The van der Waals surface area contributed by atoms with Crippen molar-refractivity contribution in [2.75, 3.05) is 12.8 Å². The summed E-state index contributed by atoms with van der Waals surface area (Å²) in [6.07, 6.45) is 0. The van der Waals surface area contributed by atoms with Crippen molar-refractivity contribution in [1.29, 1.82) is 0 Å². The molecule has 0 fully saturated rings. The highest BCUT2D eigenvalue weighted by atomic mass is 32.2. The molecule has 0 rings (SSSR count). The Kier molecular flexibility index (Phi) is 3.14. The van der Waals surface area contributed by atoms with Crippen LogP contribution in [0.5, 0.6) is 0 Å². The summed E-state index contributed by atoms with van der Waals surface area (Å²) in [5.74, 6) is 0.193. The Labute approximate surface area is 57.4 Å². The van der Waals surface area contributed by atoms with Crippen LogP contribution in [0.15, 0.2) is 0 Å². The summed E-state index contributed by atoms with van der Waals surface area (Å²) in [5, 5.41) is 2.89. The van der Waals surface area contributed by atoms with Gasteiger partial charge in [-0.15, -0.1) is 0 Å². The molecule has 9 heavy (non-hydrogen) atoms. The molecule has 56 valence electrons. The molecular weight excluding hydrogens is 138 g/mol. The quantitative estimate of drug-likeness (QED) is 0.539. The third-order valence-corrected chi connectivity index (χ3v) is 2.25. The van der Waals surface area contributed by atoms with E-state index in [0.717, 1.165) is 0 Å². The standard InChI is InChI=1S/C5H13NO2S/c1-5(2,6-3)4-9(7)8/h6,9H,4H2,1-3H3. The van der Waals surface area contributed by atoms with Crippen LogP contribution in [-0.4, -0.2) is 26.8 Å². The lowest BCUT2D eigenvalue weighted by molar-refractivity contribution is 0.468. The van der Waals surface area contributed by atoms with Crippen molar-refractivity contribution in [2.24, 2.45) is 0 Å². The second kappa shape index (κ2) is 3.17. The number of thiol groups is 1. The van der Waals surface area contributed by atoms with Gasteiger partial charge in [0, 0.05) is 5.54 Å². The van der Waals surface area contributed by atoms with Crippen molar-refractivity contribution in [3.8, 4) is 0 Å². The van der Waals surface area contributed by atoms with Gasteiger partial charge < -0.3 is 5.32 Å². The predicted molar refractivity (Wildman–Crippen MR) is 38.3 cm³/mol. The number of hydrogen-bond acceptors (Lipinski definition) is 3. The zero-order valence-electron chi connectivity index (χ0n) is 5.97. The van der Waals surface area contributed by atoms with Gasteiger partial charge in [0.1, 0.15) is 10.7 Å². The minimum Gasteiger partial charge on any atom is -0.314 e. The molecule has 0 spiro atoms. The van der Waals surface area contributed by atoms with Crippen LogP contribution in [0, 0.1) is 0 Å². The summed E-state index contributed by atoms with van der Waals surface area (Å²) in [4.78, 5) is 0. The molecule has 0 atom stereocenters. The average Bonchev–Trinajstić information content (AvgIpc) is 1.63. The monoisotopic (exact) mass is 151 g/mol. The van der Waals surface area contributed by atoms with Gasteiger partial charge in [-0.05, 0) is 20.9 Å². The van der Waals surface area contributed by atoms with E-state index in [1.807, 2.05) is 13.8 Å². The first kappa shape index (κ1) is 8.91. The Balaban J connectivity index is 3.86. The van der Waals surface area contributed by atoms with Gasteiger partial charge in [0.15, 0.2) is 0 Å². The molecule has 0 heterocycles. The molecule has 0 aromatic heterocycles. The fourth-order valence-electron chi connectivity index (χ4n) is 0.402. The van der Waals surface area contributed by atoms with Gasteiger partial charge in [0.2, 0.25) is 0 Å². The van der Waals surface area contributed by atoms with Crippen molar-refractivity contribution in [3.05, 3.63) is 0 Å². The fraction of sp³-hybridized carbons (Fsp3) is 1.00. The first-order valence-electron chi connectivity index (χ1n) is 2.78. The molecule has 0 saturated carbocycles. The van der Waals surface area contributed by atoms with E-state index in [-0.39, 0.29) is 11.3 Å². The van der Waals surface area contributed by atoms with E-state index in [2.05, 4.69) is 5.32 Å². The molecule has 0 unspecified atom stereocenters. The molecule has 0 amide bonds. The summed E-state index contributed by atoms with van der Waals surface area (Å²) >= 11 is 0. The SMILES string of the molecule is CNC(C)(C)C[SH](=O)=O. The molecule has 1 N–H and O–H groups in total. The highest BCUT2D eigenvalue weighted by Crippen LogP contribution is 1.98. The molecule has 4 heteroatoms. The van der Waals surface area contributed by atoms with Crippen LogP contribution >= 0.6 is 0 Å². The molecule has 0 aliphatic carbocycles. The molecule has 0 aromatic rings. The summed E-state index contributed by atoms with van der Waals surface area (Å²) in [6, 6.07) is 0. The molecule has 0 saturated heterocycles. The second-order valence-corrected chi connectivity index (χ2v) is 3.61. The highest BCUT2D eigenvalue weighted by molar-refractivity contribution is 7.72. The first-order chi connectivity index (χ1) is 3.98. The van der Waals surface area contributed by atoms with Crippen molar-refractivity contribution in [3.63, 3.8) is 0 Å². The Morgan fingerprint density at radius 2 is 1.89 bits per heavy atom.